The third-order valence-corrected chi connectivity index (χ3v) is 4.78. The number of nitro groups is 1. The van der Waals surface area contributed by atoms with E-state index in [0.717, 1.165) is 5.56 Å². The summed E-state index contributed by atoms with van der Waals surface area (Å²) in [5, 5.41) is 14.2. The fourth-order valence-electron chi connectivity index (χ4n) is 3.15. The van der Waals surface area contributed by atoms with Gasteiger partial charge in [-0.05, 0) is 29.8 Å². The number of carbonyl (C=O) groups is 2. The predicted molar refractivity (Wildman–Crippen MR) is 118 cm³/mol. The summed E-state index contributed by atoms with van der Waals surface area (Å²) in [4.78, 5) is 47.6. The van der Waals surface area contributed by atoms with Crippen LogP contribution in [-0.2, 0) is 6.54 Å². The van der Waals surface area contributed by atoms with Gasteiger partial charge in [-0.15, -0.1) is 0 Å². The maximum absolute atomic E-state index is 12.4. The van der Waals surface area contributed by atoms with Crippen LogP contribution in [0, 0.1) is 10.1 Å². The van der Waals surface area contributed by atoms with Crippen LogP contribution in [-0.4, -0.2) is 16.8 Å². The Hall–Kier alpha value is -4.79. The Morgan fingerprint density at radius 3 is 2.42 bits per heavy atom. The second-order valence-corrected chi connectivity index (χ2v) is 6.98. The Bertz CT molecular complexity index is 1430. The number of hydrogen-bond donors (Lipinski definition) is 1. The van der Waals surface area contributed by atoms with Gasteiger partial charge in [0.05, 0.1) is 4.92 Å². The number of nitrogens with one attached hydrogen (secondary N) is 1. The van der Waals surface area contributed by atoms with Crippen molar-refractivity contribution in [3.05, 3.63) is 116 Å². The molecule has 0 fully saturated rings. The molecule has 0 atom stereocenters. The number of benzene rings is 3. The number of fused-ring (bicyclic) bond motifs is 1. The van der Waals surface area contributed by atoms with Crippen molar-refractivity contribution in [2.24, 2.45) is 0 Å². The first-order valence-corrected chi connectivity index (χ1v) is 9.78. The fraction of sp³-hybridized carbons (Fsp3) is 0.0417. The average Bonchev–Trinajstić information content (AvgIpc) is 2.82. The van der Waals surface area contributed by atoms with Crippen LogP contribution in [0.5, 0.6) is 5.75 Å². The minimum atomic E-state index is -0.930. The zero-order valence-electron chi connectivity index (χ0n) is 17.0. The third kappa shape index (κ3) is 4.77. The first kappa shape index (κ1) is 21.4. The molecule has 0 unspecified atom stereocenters. The van der Waals surface area contributed by atoms with Crippen LogP contribution < -0.4 is 15.7 Å². The van der Waals surface area contributed by atoms with Gasteiger partial charge in [-0.3, -0.25) is 14.9 Å². The van der Waals surface area contributed by atoms with E-state index in [-0.39, 0.29) is 34.7 Å². The van der Waals surface area contributed by atoms with E-state index in [0.29, 0.717) is 5.39 Å². The van der Waals surface area contributed by atoms with E-state index in [1.165, 1.54) is 48.5 Å². The lowest BCUT2D eigenvalue weighted by atomic mass is 10.1. The molecule has 33 heavy (non-hydrogen) atoms. The summed E-state index contributed by atoms with van der Waals surface area (Å²) in [5.41, 5.74) is -0.651. The molecule has 0 aliphatic carbocycles. The zero-order chi connectivity index (χ0) is 23.4. The minimum absolute atomic E-state index is 0.0232. The van der Waals surface area contributed by atoms with Gasteiger partial charge in [0.25, 0.3) is 11.6 Å². The normalized spacial score (nSPS) is 10.5. The standard InChI is InChI=1S/C24H16N2O7/c27-22(25-14-15-6-2-1-3-7-15)19-12-16-10-11-17(13-21(16)33-24(19)29)32-23(28)18-8-4-5-9-20(18)26(30)31/h1-13H,14H2,(H,25,27). The van der Waals surface area contributed by atoms with E-state index in [2.05, 4.69) is 5.32 Å². The topological polar surface area (TPSA) is 129 Å². The van der Waals surface area contributed by atoms with Crippen LogP contribution in [0.4, 0.5) is 5.69 Å². The number of nitrogens with zero attached hydrogens (tertiary/aromatic N) is 1. The molecule has 164 valence electrons. The first-order valence-electron chi connectivity index (χ1n) is 9.78. The van der Waals surface area contributed by atoms with Crippen molar-refractivity contribution in [1.29, 1.82) is 0 Å². The van der Waals surface area contributed by atoms with Gasteiger partial charge in [-0.25, -0.2) is 9.59 Å². The van der Waals surface area contributed by atoms with Crippen molar-refractivity contribution in [3.63, 3.8) is 0 Å². The average molecular weight is 444 g/mol. The number of nitro benzene ring substituents is 1. The summed E-state index contributed by atoms with van der Waals surface area (Å²) in [5.74, 6) is -1.49. The van der Waals surface area contributed by atoms with E-state index in [9.17, 15) is 24.5 Å². The quantitative estimate of drug-likeness (QED) is 0.157. The molecule has 0 aliphatic heterocycles. The van der Waals surface area contributed by atoms with Crippen LogP contribution in [0.25, 0.3) is 11.0 Å². The monoisotopic (exact) mass is 444 g/mol. The van der Waals surface area contributed by atoms with Gasteiger partial charge in [0.1, 0.15) is 22.5 Å². The lowest BCUT2D eigenvalue weighted by Crippen LogP contribution is -2.27. The van der Waals surface area contributed by atoms with Gasteiger partial charge in [-0.2, -0.15) is 0 Å². The van der Waals surface area contributed by atoms with Crippen LogP contribution >= 0.6 is 0 Å². The first-order chi connectivity index (χ1) is 15.9. The molecule has 9 heteroatoms. The van der Waals surface area contributed by atoms with Crippen molar-refractivity contribution < 1.29 is 23.7 Å². The Kier molecular flexibility index (Phi) is 5.94. The van der Waals surface area contributed by atoms with Gasteiger partial charge in [-0.1, -0.05) is 42.5 Å². The molecule has 0 spiro atoms. The van der Waals surface area contributed by atoms with Crippen LogP contribution in [0.1, 0.15) is 26.3 Å². The van der Waals surface area contributed by atoms with Crippen LogP contribution in [0.2, 0.25) is 0 Å². The molecule has 9 nitrogen and oxygen atoms in total. The maximum Gasteiger partial charge on any atom is 0.350 e. The van der Waals surface area contributed by atoms with Crippen molar-refractivity contribution in [1.82, 2.24) is 5.32 Å². The van der Waals surface area contributed by atoms with Gasteiger partial charge >= 0.3 is 11.6 Å². The number of esters is 1. The molecule has 0 aliphatic rings. The largest absolute Gasteiger partial charge is 0.423 e. The highest BCUT2D eigenvalue weighted by Gasteiger charge is 2.21. The van der Waals surface area contributed by atoms with E-state index < -0.39 is 22.4 Å². The maximum atomic E-state index is 12.4. The highest BCUT2D eigenvalue weighted by Crippen LogP contribution is 2.24. The van der Waals surface area contributed by atoms with Crippen LogP contribution in [0.3, 0.4) is 0 Å². The highest BCUT2D eigenvalue weighted by atomic mass is 16.6. The summed E-state index contributed by atoms with van der Waals surface area (Å²) < 4.78 is 10.5. The molecular weight excluding hydrogens is 428 g/mol. The van der Waals surface area contributed by atoms with Gasteiger partial charge in [0.2, 0.25) is 0 Å². The fourth-order valence-corrected chi connectivity index (χ4v) is 3.15. The second kappa shape index (κ2) is 9.15. The minimum Gasteiger partial charge on any atom is -0.423 e. The summed E-state index contributed by atoms with van der Waals surface area (Å²) in [6.07, 6.45) is 0. The number of hydrogen-bond acceptors (Lipinski definition) is 7. The van der Waals surface area contributed by atoms with E-state index >= 15 is 0 Å². The zero-order valence-corrected chi connectivity index (χ0v) is 17.0. The van der Waals surface area contributed by atoms with Gasteiger partial charge in [0.15, 0.2) is 0 Å². The summed E-state index contributed by atoms with van der Waals surface area (Å²) in [7, 11) is 0. The van der Waals surface area contributed by atoms with Crippen molar-refractivity contribution in [3.8, 4) is 5.75 Å². The van der Waals surface area contributed by atoms with Crippen LogP contribution in [0.15, 0.2) is 88.1 Å². The molecule has 1 amide bonds. The van der Waals surface area contributed by atoms with Gasteiger partial charge in [0, 0.05) is 24.1 Å². The van der Waals surface area contributed by atoms with Crippen molar-refractivity contribution in [2.45, 2.75) is 6.54 Å². The molecule has 1 aromatic heterocycles. The molecule has 0 saturated carbocycles. The number of rotatable bonds is 6. The highest BCUT2D eigenvalue weighted by molar-refractivity contribution is 5.97. The summed E-state index contributed by atoms with van der Waals surface area (Å²) >= 11 is 0. The van der Waals surface area contributed by atoms with E-state index in [1.807, 2.05) is 30.3 Å². The molecule has 1 heterocycles. The number of para-hydroxylation sites is 1. The van der Waals surface area contributed by atoms with E-state index in [4.69, 9.17) is 9.15 Å². The molecule has 4 aromatic rings. The molecule has 1 N–H and O–H groups in total. The predicted octanol–water partition coefficient (Wildman–Crippen LogP) is 3.85. The molecule has 0 radical (unpaired) electrons. The Morgan fingerprint density at radius 2 is 1.67 bits per heavy atom. The third-order valence-electron chi connectivity index (χ3n) is 4.78. The number of carbonyl (C=O) groups excluding carboxylic acids is 2. The molecule has 0 saturated heterocycles. The van der Waals surface area contributed by atoms with E-state index in [1.54, 1.807) is 0 Å². The molecular formula is C24H16N2O7. The molecule has 0 bridgehead atoms. The number of amides is 1. The van der Waals surface area contributed by atoms with Crippen molar-refractivity contribution in [2.75, 3.05) is 0 Å². The van der Waals surface area contributed by atoms with Gasteiger partial charge < -0.3 is 14.5 Å². The summed E-state index contributed by atoms with van der Waals surface area (Å²) in [6, 6.07) is 20.2. The Labute approximate surface area is 186 Å². The lowest BCUT2D eigenvalue weighted by Gasteiger charge is -2.07. The lowest BCUT2D eigenvalue weighted by molar-refractivity contribution is -0.385. The smallest absolute Gasteiger partial charge is 0.350 e. The summed E-state index contributed by atoms with van der Waals surface area (Å²) in [6.45, 7) is 0.248. The Balaban J connectivity index is 1.54. The Morgan fingerprint density at radius 1 is 0.939 bits per heavy atom. The second-order valence-electron chi connectivity index (χ2n) is 6.98. The SMILES string of the molecule is O=C(Oc1ccc2cc(C(=O)NCc3ccccc3)c(=O)oc2c1)c1ccccc1[N+](=O)[O-]. The molecule has 4 rings (SSSR count). The number of ether oxygens (including phenoxy) is 1. The van der Waals surface area contributed by atoms with Crippen molar-refractivity contribution >= 4 is 28.5 Å². The molecule has 3 aromatic carbocycles.